The van der Waals surface area contributed by atoms with Crippen molar-refractivity contribution >= 4 is 5.91 Å². The van der Waals surface area contributed by atoms with Gasteiger partial charge >= 0.3 is 0 Å². The Balaban J connectivity index is 1.81. The van der Waals surface area contributed by atoms with Gasteiger partial charge in [-0.05, 0) is 35.1 Å². The zero-order valence-corrected chi connectivity index (χ0v) is 14.0. The van der Waals surface area contributed by atoms with Crippen LogP contribution in [0.3, 0.4) is 0 Å². The predicted octanol–water partition coefficient (Wildman–Crippen LogP) is 3.12. The normalized spacial score (nSPS) is 11.1. The van der Waals surface area contributed by atoms with Gasteiger partial charge in [-0.25, -0.2) is 0 Å². The number of aromatic nitrogens is 1. The summed E-state index contributed by atoms with van der Waals surface area (Å²) >= 11 is 0. The van der Waals surface area contributed by atoms with Crippen molar-refractivity contribution < 1.29 is 9.53 Å². The Bertz CT molecular complexity index is 633. The molecule has 1 amide bonds. The fourth-order valence-corrected chi connectivity index (χ4v) is 2.30. The minimum Gasteiger partial charge on any atom is -0.483 e. The van der Waals surface area contributed by atoms with Gasteiger partial charge in [0.15, 0.2) is 6.61 Å². The molecule has 0 radical (unpaired) electrons. The number of benzene rings is 1. The lowest BCUT2D eigenvalue weighted by Gasteiger charge is -2.22. The predicted molar refractivity (Wildman–Crippen MR) is 91.6 cm³/mol. The molecule has 122 valence electrons. The van der Waals surface area contributed by atoms with Crippen molar-refractivity contribution in [1.29, 1.82) is 0 Å². The van der Waals surface area contributed by atoms with Crippen LogP contribution in [0, 0.1) is 0 Å². The number of pyridine rings is 1. The Morgan fingerprint density at radius 1 is 1.17 bits per heavy atom. The molecule has 0 saturated heterocycles. The minimum absolute atomic E-state index is 0.0205. The van der Waals surface area contributed by atoms with Crippen LogP contribution in [0.15, 0.2) is 48.8 Å². The highest BCUT2D eigenvalue weighted by Gasteiger charge is 2.18. The van der Waals surface area contributed by atoms with Gasteiger partial charge in [0.2, 0.25) is 0 Å². The molecule has 0 aliphatic heterocycles. The molecule has 1 aromatic carbocycles. The van der Waals surface area contributed by atoms with E-state index in [1.165, 1.54) is 0 Å². The fraction of sp³-hybridized carbons (Fsp3) is 0.368. The molecule has 23 heavy (non-hydrogen) atoms. The van der Waals surface area contributed by atoms with E-state index in [0.717, 1.165) is 23.3 Å². The summed E-state index contributed by atoms with van der Waals surface area (Å²) in [4.78, 5) is 16.0. The number of amides is 1. The molecule has 0 aliphatic rings. The van der Waals surface area contributed by atoms with Gasteiger partial charge in [0.25, 0.3) is 5.91 Å². The molecule has 0 saturated carbocycles. The van der Waals surface area contributed by atoms with Crippen LogP contribution in [0.1, 0.15) is 31.9 Å². The summed E-state index contributed by atoms with van der Waals surface area (Å²) in [6.07, 6.45) is 4.31. The smallest absolute Gasteiger partial charge is 0.257 e. The van der Waals surface area contributed by atoms with E-state index in [1.807, 2.05) is 42.6 Å². The molecule has 0 bridgehead atoms. The zero-order valence-electron chi connectivity index (χ0n) is 14.0. The standard InChI is InChI=1S/C19H24N2O2/c1-19(2,3)16-8-4-5-9-17(16)23-14-18(22)21-12-10-15-7-6-11-20-13-15/h4-9,11,13H,10,12,14H2,1-3H3,(H,21,22). The lowest BCUT2D eigenvalue weighted by Crippen LogP contribution is -2.31. The van der Waals surface area contributed by atoms with Crippen molar-refractivity contribution in [2.45, 2.75) is 32.6 Å². The molecule has 0 fully saturated rings. The lowest BCUT2D eigenvalue weighted by atomic mass is 9.86. The summed E-state index contributed by atoms with van der Waals surface area (Å²) in [7, 11) is 0. The number of hydrogen-bond acceptors (Lipinski definition) is 3. The summed E-state index contributed by atoms with van der Waals surface area (Å²) < 4.78 is 5.70. The average Bonchev–Trinajstić information content (AvgIpc) is 2.53. The third kappa shape index (κ3) is 5.40. The van der Waals surface area contributed by atoms with Gasteiger partial charge in [0.05, 0.1) is 0 Å². The Morgan fingerprint density at radius 2 is 1.96 bits per heavy atom. The first kappa shape index (κ1) is 17.0. The van der Waals surface area contributed by atoms with Crippen molar-refractivity contribution in [3.8, 4) is 5.75 Å². The maximum atomic E-state index is 11.9. The molecule has 1 aromatic heterocycles. The highest BCUT2D eigenvalue weighted by Crippen LogP contribution is 2.30. The molecule has 0 spiro atoms. The first-order valence-corrected chi connectivity index (χ1v) is 7.85. The zero-order chi connectivity index (χ0) is 16.7. The largest absolute Gasteiger partial charge is 0.483 e. The average molecular weight is 312 g/mol. The van der Waals surface area contributed by atoms with Crippen LogP contribution in [0.2, 0.25) is 0 Å². The van der Waals surface area contributed by atoms with Crippen LogP contribution in [-0.4, -0.2) is 24.0 Å². The van der Waals surface area contributed by atoms with E-state index in [9.17, 15) is 4.79 Å². The van der Waals surface area contributed by atoms with Gasteiger partial charge in [0, 0.05) is 18.9 Å². The van der Waals surface area contributed by atoms with E-state index < -0.39 is 0 Å². The molecule has 2 rings (SSSR count). The third-order valence-electron chi connectivity index (χ3n) is 3.51. The highest BCUT2D eigenvalue weighted by molar-refractivity contribution is 5.77. The van der Waals surface area contributed by atoms with Crippen LogP contribution in [0.25, 0.3) is 0 Å². The van der Waals surface area contributed by atoms with Crippen molar-refractivity contribution in [2.75, 3.05) is 13.2 Å². The van der Waals surface area contributed by atoms with Crippen LogP contribution >= 0.6 is 0 Å². The third-order valence-corrected chi connectivity index (χ3v) is 3.51. The molecule has 0 unspecified atom stereocenters. The molecular weight excluding hydrogens is 288 g/mol. The van der Waals surface area contributed by atoms with E-state index >= 15 is 0 Å². The molecule has 1 heterocycles. The van der Waals surface area contributed by atoms with E-state index in [-0.39, 0.29) is 17.9 Å². The second-order valence-electron chi connectivity index (χ2n) is 6.50. The topological polar surface area (TPSA) is 51.2 Å². The quantitative estimate of drug-likeness (QED) is 0.891. The van der Waals surface area contributed by atoms with Gasteiger partial charge in [-0.2, -0.15) is 0 Å². The van der Waals surface area contributed by atoms with Gasteiger partial charge < -0.3 is 10.1 Å². The summed E-state index contributed by atoms with van der Waals surface area (Å²) in [6, 6.07) is 11.7. The van der Waals surface area contributed by atoms with Crippen molar-refractivity contribution in [2.24, 2.45) is 0 Å². The van der Waals surface area contributed by atoms with Gasteiger partial charge in [-0.15, -0.1) is 0 Å². The summed E-state index contributed by atoms with van der Waals surface area (Å²) in [5.74, 6) is 0.653. The first-order chi connectivity index (χ1) is 11.0. The van der Waals surface area contributed by atoms with Gasteiger partial charge in [0.1, 0.15) is 5.75 Å². The van der Waals surface area contributed by atoms with Crippen LogP contribution in [0.5, 0.6) is 5.75 Å². The Hall–Kier alpha value is -2.36. The second kappa shape index (κ2) is 7.77. The lowest BCUT2D eigenvalue weighted by molar-refractivity contribution is -0.123. The monoisotopic (exact) mass is 312 g/mol. The van der Waals surface area contributed by atoms with Crippen LogP contribution < -0.4 is 10.1 Å². The summed E-state index contributed by atoms with van der Waals surface area (Å²) in [5, 5.41) is 2.87. The second-order valence-corrected chi connectivity index (χ2v) is 6.50. The Morgan fingerprint density at radius 3 is 2.65 bits per heavy atom. The van der Waals surface area contributed by atoms with Crippen molar-refractivity contribution in [3.63, 3.8) is 0 Å². The summed E-state index contributed by atoms with van der Waals surface area (Å²) in [6.45, 7) is 6.99. The van der Waals surface area contributed by atoms with Crippen molar-refractivity contribution in [1.82, 2.24) is 10.3 Å². The number of nitrogens with one attached hydrogen (secondary N) is 1. The van der Waals surface area contributed by atoms with Gasteiger partial charge in [-0.3, -0.25) is 9.78 Å². The maximum Gasteiger partial charge on any atom is 0.257 e. The number of carbonyl (C=O) groups is 1. The number of rotatable bonds is 6. The molecule has 0 aliphatic carbocycles. The van der Waals surface area contributed by atoms with E-state index in [1.54, 1.807) is 6.20 Å². The number of nitrogens with zero attached hydrogens (tertiary/aromatic N) is 1. The van der Waals surface area contributed by atoms with E-state index in [2.05, 4.69) is 31.1 Å². The van der Waals surface area contributed by atoms with E-state index in [4.69, 9.17) is 4.74 Å². The van der Waals surface area contributed by atoms with Crippen molar-refractivity contribution in [3.05, 3.63) is 59.9 Å². The Kier molecular flexibility index (Phi) is 5.74. The highest BCUT2D eigenvalue weighted by atomic mass is 16.5. The number of carbonyl (C=O) groups excluding carboxylic acids is 1. The first-order valence-electron chi connectivity index (χ1n) is 7.85. The van der Waals surface area contributed by atoms with Crippen LogP contribution in [0.4, 0.5) is 0 Å². The summed E-state index contributed by atoms with van der Waals surface area (Å²) in [5.41, 5.74) is 2.18. The van der Waals surface area contributed by atoms with E-state index in [0.29, 0.717) is 6.54 Å². The number of hydrogen-bond donors (Lipinski definition) is 1. The molecule has 4 heteroatoms. The fourth-order valence-electron chi connectivity index (χ4n) is 2.30. The molecule has 1 N–H and O–H groups in total. The minimum atomic E-state index is -0.113. The molecule has 4 nitrogen and oxygen atoms in total. The number of ether oxygens (including phenoxy) is 1. The maximum absolute atomic E-state index is 11.9. The molecule has 0 atom stereocenters. The molecular formula is C19H24N2O2. The number of para-hydroxylation sites is 1. The Labute approximate surface area is 137 Å². The SMILES string of the molecule is CC(C)(C)c1ccccc1OCC(=O)NCCc1cccnc1. The van der Waals surface area contributed by atoms with Crippen LogP contribution in [-0.2, 0) is 16.6 Å². The molecule has 2 aromatic rings. The van der Waals surface area contributed by atoms with Gasteiger partial charge in [-0.1, -0.05) is 45.0 Å².